The Hall–Kier alpha value is -0.570. The molecule has 1 amide bonds. The molecular formula is C17H34N2O. The van der Waals surface area contributed by atoms with E-state index < -0.39 is 0 Å². The van der Waals surface area contributed by atoms with E-state index in [0.29, 0.717) is 18.4 Å². The number of nitrogens with two attached hydrogens (primary N) is 1. The van der Waals surface area contributed by atoms with Crippen molar-refractivity contribution in [3.63, 3.8) is 0 Å². The Morgan fingerprint density at radius 3 is 2.45 bits per heavy atom. The third kappa shape index (κ3) is 7.28. The van der Waals surface area contributed by atoms with Crippen LogP contribution in [0.4, 0.5) is 0 Å². The summed E-state index contributed by atoms with van der Waals surface area (Å²) in [5.41, 5.74) is 6.12. The molecule has 3 nitrogen and oxygen atoms in total. The summed E-state index contributed by atoms with van der Waals surface area (Å²) >= 11 is 0. The average molecular weight is 282 g/mol. The highest BCUT2D eigenvalue weighted by Crippen LogP contribution is 2.26. The normalized spacial score (nSPS) is 23.6. The fourth-order valence-corrected chi connectivity index (χ4v) is 3.01. The molecule has 3 N–H and O–H groups in total. The number of amides is 1. The fourth-order valence-electron chi connectivity index (χ4n) is 3.01. The van der Waals surface area contributed by atoms with Gasteiger partial charge in [0.25, 0.3) is 0 Å². The Kier molecular flexibility index (Phi) is 7.57. The standard InChI is InChI=1S/C17H34N2O/c1-4-5-6-11-17(2,3)13-19-16(20)12-14-7-9-15(18)10-8-14/h14-15H,4-13,18H2,1-3H3,(H,19,20). The molecule has 0 aromatic heterocycles. The predicted octanol–water partition coefficient (Wildman–Crippen LogP) is 3.62. The van der Waals surface area contributed by atoms with Crippen LogP contribution in [0.1, 0.15) is 78.6 Å². The molecule has 0 aromatic carbocycles. The lowest BCUT2D eigenvalue weighted by atomic mass is 9.84. The topological polar surface area (TPSA) is 55.1 Å². The zero-order valence-electron chi connectivity index (χ0n) is 13.7. The Balaban J connectivity index is 2.18. The number of hydrogen-bond acceptors (Lipinski definition) is 2. The van der Waals surface area contributed by atoms with Crippen molar-refractivity contribution in [2.24, 2.45) is 17.1 Å². The molecule has 1 aliphatic rings. The van der Waals surface area contributed by atoms with Gasteiger partial charge in [0.15, 0.2) is 0 Å². The summed E-state index contributed by atoms with van der Waals surface area (Å²) in [5, 5.41) is 3.14. The van der Waals surface area contributed by atoms with E-state index in [2.05, 4.69) is 26.1 Å². The van der Waals surface area contributed by atoms with Gasteiger partial charge in [-0.25, -0.2) is 0 Å². The molecule has 0 atom stereocenters. The first-order valence-corrected chi connectivity index (χ1v) is 8.45. The first-order valence-electron chi connectivity index (χ1n) is 8.45. The number of rotatable bonds is 8. The number of carbonyl (C=O) groups is 1. The summed E-state index contributed by atoms with van der Waals surface area (Å²) < 4.78 is 0. The van der Waals surface area contributed by atoms with E-state index in [4.69, 9.17) is 5.73 Å². The van der Waals surface area contributed by atoms with E-state index in [1.807, 2.05) is 0 Å². The van der Waals surface area contributed by atoms with Crippen LogP contribution in [0.25, 0.3) is 0 Å². The lowest BCUT2D eigenvalue weighted by molar-refractivity contribution is -0.122. The molecule has 1 fully saturated rings. The summed E-state index contributed by atoms with van der Waals surface area (Å²) in [6, 6.07) is 0.367. The van der Waals surface area contributed by atoms with Crippen molar-refractivity contribution in [2.75, 3.05) is 6.54 Å². The third-order valence-electron chi connectivity index (χ3n) is 4.59. The summed E-state index contributed by atoms with van der Waals surface area (Å²) in [7, 11) is 0. The van der Waals surface area contributed by atoms with Gasteiger partial charge in [0, 0.05) is 19.0 Å². The van der Waals surface area contributed by atoms with Gasteiger partial charge in [0.2, 0.25) is 5.91 Å². The van der Waals surface area contributed by atoms with Crippen molar-refractivity contribution >= 4 is 5.91 Å². The van der Waals surface area contributed by atoms with Gasteiger partial charge in [-0.15, -0.1) is 0 Å². The number of unbranched alkanes of at least 4 members (excludes halogenated alkanes) is 2. The van der Waals surface area contributed by atoms with E-state index in [0.717, 1.165) is 32.2 Å². The minimum Gasteiger partial charge on any atom is -0.356 e. The zero-order valence-corrected chi connectivity index (χ0v) is 13.7. The molecule has 0 radical (unpaired) electrons. The maximum Gasteiger partial charge on any atom is 0.220 e. The van der Waals surface area contributed by atoms with Crippen molar-refractivity contribution in [1.82, 2.24) is 5.32 Å². The van der Waals surface area contributed by atoms with E-state index in [1.54, 1.807) is 0 Å². The third-order valence-corrected chi connectivity index (χ3v) is 4.59. The van der Waals surface area contributed by atoms with Crippen molar-refractivity contribution in [3.05, 3.63) is 0 Å². The van der Waals surface area contributed by atoms with Gasteiger partial charge in [-0.3, -0.25) is 4.79 Å². The van der Waals surface area contributed by atoms with Crippen LogP contribution in [-0.2, 0) is 4.79 Å². The molecule has 0 bridgehead atoms. The highest BCUT2D eigenvalue weighted by Gasteiger charge is 2.22. The smallest absolute Gasteiger partial charge is 0.220 e. The second-order valence-corrected chi connectivity index (χ2v) is 7.38. The van der Waals surface area contributed by atoms with Crippen LogP contribution >= 0.6 is 0 Å². The van der Waals surface area contributed by atoms with Gasteiger partial charge in [-0.05, 0) is 43.4 Å². The number of hydrogen-bond donors (Lipinski definition) is 2. The van der Waals surface area contributed by atoms with E-state index in [-0.39, 0.29) is 11.3 Å². The van der Waals surface area contributed by atoms with Crippen LogP contribution in [0.2, 0.25) is 0 Å². The first kappa shape index (κ1) is 17.5. The van der Waals surface area contributed by atoms with E-state index >= 15 is 0 Å². The molecule has 20 heavy (non-hydrogen) atoms. The van der Waals surface area contributed by atoms with Crippen molar-refractivity contribution in [2.45, 2.75) is 84.6 Å². The maximum atomic E-state index is 12.0. The minimum atomic E-state index is 0.222. The monoisotopic (exact) mass is 282 g/mol. The number of carbonyl (C=O) groups excluding carboxylic acids is 1. The Morgan fingerprint density at radius 2 is 1.85 bits per heavy atom. The highest BCUT2D eigenvalue weighted by atomic mass is 16.1. The summed E-state index contributed by atoms with van der Waals surface area (Å²) in [5.74, 6) is 0.784. The molecular weight excluding hydrogens is 248 g/mol. The fraction of sp³-hybridized carbons (Fsp3) is 0.941. The molecule has 0 spiro atoms. The van der Waals surface area contributed by atoms with Crippen LogP contribution in [-0.4, -0.2) is 18.5 Å². The van der Waals surface area contributed by atoms with Crippen molar-refractivity contribution in [1.29, 1.82) is 0 Å². The molecule has 3 heteroatoms. The van der Waals surface area contributed by atoms with Crippen molar-refractivity contribution < 1.29 is 4.79 Å². The van der Waals surface area contributed by atoms with Gasteiger partial charge in [-0.2, -0.15) is 0 Å². The van der Waals surface area contributed by atoms with E-state index in [9.17, 15) is 4.79 Å². The van der Waals surface area contributed by atoms with Crippen LogP contribution in [0, 0.1) is 11.3 Å². The van der Waals surface area contributed by atoms with Crippen LogP contribution in [0.3, 0.4) is 0 Å². The van der Waals surface area contributed by atoms with Gasteiger partial charge in [0.05, 0.1) is 0 Å². The highest BCUT2D eigenvalue weighted by molar-refractivity contribution is 5.76. The van der Waals surface area contributed by atoms with Gasteiger partial charge in [0.1, 0.15) is 0 Å². The van der Waals surface area contributed by atoms with Gasteiger partial charge < -0.3 is 11.1 Å². The maximum absolute atomic E-state index is 12.0. The Labute approximate surface area is 125 Å². The quantitative estimate of drug-likeness (QED) is 0.668. The minimum absolute atomic E-state index is 0.222. The first-order chi connectivity index (χ1) is 9.43. The summed E-state index contributed by atoms with van der Waals surface area (Å²) in [4.78, 5) is 12.0. The lowest BCUT2D eigenvalue weighted by Gasteiger charge is -2.27. The van der Waals surface area contributed by atoms with E-state index in [1.165, 1.54) is 25.7 Å². The summed E-state index contributed by atoms with van der Waals surface area (Å²) in [6.45, 7) is 7.54. The zero-order chi connectivity index (χ0) is 15.0. The van der Waals surface area contributed by atoms with Crippen LogP contribution < -0.4 is 11.1 Å². The van der Waals surface area contributed by atoms with Crippen LogP contribution in [0.5, 0.6) is 0 Å². The largest absolute Gasteiger partial charge is 0.356 e. The molecule has 0 unspecified atom stereocenters. The molecule has 0 saturated heterocycles. The molecule has 118 valence electrons. The molecule has 0 heterocycles. The number of nitrogens with one attached hydrogen (secondary N) is 1. The Morgan fingerprint density at radius 1 is 1.20 bits per heavy atom. The van der Waals surface area contributed by atoms with Gasteiger partial charge >= 0.3 is 0 Å². The van der Waals surface area contributed by atoms with Crippen molar-refractivity contribution in [3.8, 4) is 0 Å². The molecule has 1 rings (SSSR count). The predicted molar refractivity (Wildman–Crippen MR) is 85.5 cm³/mol. The Bertz CT molecular complexity index is 281. The molecule has 1 aliphatic carbocycles. The average Bonchev–Trinajstić information content (AvgIpc) is 2.40. The van der Waals surface area contributed by atoms with Crippen LogP contribution in [0.15, 0.2) is 0 Å². The molecule has 0 aliphatic heterocycles. The second kappa shape index (κ2) is 8.66. The molecule has 0 aromatic rings. The summed E-state index contributed by atoms with van der Waals surface area (Å²) in [6.07, 6.45) is 10.1. The second-order valence-electron chi connectivity index (χ2n) is 7.38. The van der Waals surface area contributed by atoms with Gasteiger partial charge in [-0.1, -0.05) is 40.0 Å². The molecule has 1 saturated carbocycles. The lowest BCUT2D eigenvalue weighted by Crippen LogP contribution is -2.36. The SMILES string of the molecule is CCCCCC(C)(C)CNC(=O)CC1CCC(N)CC1.